The Hall–Kier alpha value is -2.31. The molecule has 2 heterocycles. The van der Waals surface area contributed by atoms with Gasteiger partial charge in [0.1, 0.15) is 0 Å². The van der Waals surface area contributed by atoms with Crippen LogP contribution in [0.25, 0.3) is 11.0 Å². The summed E-state index contributed by atoms with van der Waals surface area (Å²) in [5.74, 6) is -1.37. The summed E-state index contributed by atoms with van der Waals surface area (Å²) in [6.07, 6.45) is -3.74. The van der Waals surface area contributed by atoms with E-state index in [1.165, 1.54) is 13.0 Å². The van der Waals surface area contributed by atoms with E-state index in [2.05, 4.69) is 20.8 Å². The van der Waals surface area contributed by atoms with E-state index in [0.717, 1.165) is 4.68 Å². The molecular formula is C12H9F6N3O3S. The Bertz CT molecular complexity index is 930. The molecule has 0 aliphatic rings. The summed E-state index contributed by atoms with van der Waals surface area (Å²) < 4.78 is 104. The molecular weight excluding hydrogens is 380 g/mol. The molecule has 2 aromatic heterocycles. The van der Waals surface area contributed by atoms with Gasteiger partial charge in [0.15, 0.2) is 5.65 Å². The van der Waals surface area contributed by atoms with E-state index in [0.29, 0.717) is 0 Å². The fraction of sp³-hybridized carbons (Fsp3) is 0.333. The third-order valence-corrected chi connectivity index (χ3v) is 3.90. The van der Waals surface area contributed by atoms with Crippen LogP contribution >= 0.6 is 0 Å². The van der Waals surface area contributed by atoms with Gasteiger partial charge in [0, 0.05) is 6.07 Å². The monoisotopic (exact) mass is 389 g/mol. The number of rotatable bonds is 4. The predicted molar refractivity (Wildman–Crippen MR) is 73.1 cm³/mol. The molecule has 0 aliphatic carbocycles. The topological polar surface area (TPSA) is 74.1 Å². The average Bonchev–Trinajstić information content (AvgIpc) is 2.72. The zero-order chi connectivity index (χ0) is 19.2. The second-order valence-electron chi connectivity index (χ2n) is 4.74. The lowest BCUT2D eigenvalue weighted by Crippen LogP contribution is -2.28. The van der Waals surface area contributed by atoms with Crippen molar-refractivity contribution in [2.24, 2.45) is 0 Å². The molecule has 0 saturated carbocycles. The predicted octanol–water partition coefficient (Wildman–Crippen LogP) is 3.17. The zero-order valence-electron chi connectivity index (χ0n) is 12.3. The van der Waals surface area contributed by atoms with Crippen LogP contribution in [0, 0.1) is 6.92 Å². The molecule has 138 valence electrons. The van der Waals surface area contributed by atoms with Crippen molar-refractivity contribution in [2.45, 2.75) is 25.2 Å². The van der Waals surface area contributed by atoms with Gasteiger partial charge in [0.25, 0.3) is 0 Å². The van der Waals surface area contributed by atoms with Gasteiger partial charge in [-0.05, 0) is 6.92 Å². The van der Waals surface area contributed by atoms with Gasteiger partial charge >= 0.3 is 21.8 Å². The first-order chi connectivity index (χ1) is 11.3. The van der Waals surface area contributed by atoms with E-state index in [1.54, 1.807) is 0 Å². The smallest absolute Gasteiger partial charge is 0.355 e. The molecule has 0 spiro atoms. The minimum absolute atomic E-state index is 0.0819. The number of aromatic nitrogens is 3. The summed E-state index contributed by atoms with van der Waals surface area (Å²) in [5.41, 5.74) is -7.82. The summed E-state index contributed by atoms with van der Waals surface area (Å²) in [5, 5.41) is 3.32. The van der Waals surface area contributed by atoms with E-state index >= 15 is 0 Å². The summed E-state index contributed by atoms with van der Waals surface area (Å²) in [7, 11) is -6.18. The highest BCUT2D eigenvalue weighted by molar-refractivity contribution is 7.87. The molecule has 0 fully saturated rings. The van der Waals surface area contributed by atoms with Crippen molar-refractivity contribution < 1.29 is 38.9 Å². The van der Waals surface area contributed by atoms with Gasteiger partial charge in [-0.3, -0.25) is 0 Å². The highest BCUT2D eigenvalue weighted by Crippen LogP contribution is 2.38. The molecule has 0 bridgehead atoms. The highest BCUT2D eigenvalue weighted by Gasteiger charge is 2.49. The lowest BCUT2D eigenvalue weighted by Gasteiger charge is -2.12. The van der Waals surface area contributed by atoms with Crippen LogP contribution in [-0.2, 0) is 22.8 Å². The van der Waals surface area contributed by atoms with Crippen LogP contribution in [-0.4, -0.2) is 28.7 Å². The molecule has 25 heavy (non-hydrogen) atoms. The maximum atomic E-state index is 13.2. The lowest BCUT2D eigenvalue weighted by molar-refractivity contribution is -0.136. The third-order valence-electron chi connectivity index (χ3n) is 2.94. The van der Waals surface area contributed by atoms with Crippen LogP contribution in [0.5, 0.6) is 5.88 Å². The quantitative estimate of drug-likeness (QED) is 0.348. The number of pyridine rings is 1. The maximum Gasteiger partial charge on any atom is 0.534 e. The van der Waals surface area contributed by atoms with Crippen molar-refractivity contribution in [1.29, 1.82) is 0 Å². The van der Waals surface area contributed by atoms with Crippen molar-refractivity contribution in [2.75, 3.05) is 0 Å². The van der Waals surface area contributed by atoms with Crippen LogP contribution in [0.4, 0.5) is 26.3 Å². The molecule has 0 saturated heterocycles. The standard InChI is InChI=1S/C12H9F6N3O3S/c1-3-4-21-10-9(6(2)20-21)7(11(13,14)15)5-8(19-10)24-25(22,23)12(16,17)18/h3,5H,1,4H2,2H3. The molecule has 0 aromatic carbocycles. The van der Waals surface area contributed by atoms with Crippen LogP contribution in [0.3, 0.4) is 0 Å². The maximum absolute atomic E-state index is 13.2. The molecule has 2 rings (SSSR count). The number of fused-ring (bicyclic) bond motifs is 1. The molecule has 13 heteroatoms. The Balaban J connectivity index is 2.76. The summed E-state index contributed by atoms with van der Waals surface area (Å²) in [4.78, 5) is 3.44. The van der Waals surface area contributed by atoms with E-state index in [-0.39, 0.29) is 18.3 Å². The molecule has 0 aliphatic heterocycles. The first kappa shape index (κ1) is 19.0. The Labute approximate surface area is 136 Å². The molecule has 0 amide bonds. The SMILES string of the molecule is C=CCn1nc(C)c2c(C(F)(F)F)cc(OS(=O)(=O)C(F)(F)F)nc21. The van der Waals surface area contributed by atoms with Crippen molar-refractivity contribution in [3.05, 3.63) is 30.0 Å². The van der Waals surface area contributed by atoms with Gasteiger partial charge in [0.05, 0.1) is 23.2 Å². The Kier molecular flexibility index (Phi) is 4.48. The van der Waals surface area contributed by atoms with Gasteiger partial charge in [-0.1, -0.05) is 6.08 Å². The summed E-state index contributed by atoms with van der Waals surface area (Å²) in [6.45, 7) is 4.51. The third kappa shape index (κ3) is 3.55. The van der Waals surface area contributed by atoms with Crippen LogP contribution in [0.1, 0.15) is 11.3 Å². The van der Waals surface area contributed by atoms with E-state index in [1.807, 2.05) is 0 Å². The fourth-order valence-electron chi connectivity index (χ4n) is 2.01. The van der Waals surface area contributed by atoms with E-state index < -0.39 is 44.3 Å². The van der Waals surface area contributed by atoms with Crippen LogP contribution in [0.15, 0.2) is 18.7 Å². The number of nitrogens with zero attached hydrogens (tertiary/aromatic N) is 3. The first-order valence-corrected chi connectivity index (χ1v) is 7.75. The number of alkyl halides is 6. The Morgan fingerprint density at radius 2 is 1.88 bits per heavy atom. The number of hydrogen-bond donors (Lipinski definition) is 0. The van der Waals surface area contributed by atoms with Gasteiger partial charge in [-0.25, -0.2) is 4.68 Å². The van der Waals surface area contributed by atoms with Gasteiger partial charge in [-0.2, -0.15) is 44.8 Å². The van der Waals surface area contributed by atoms with E-state index in [4.69, 9.17) is 0 Å². The number of aryl methyl sites for hydroxylation is 1. The summed E-state index contributed by atoms with van der Waals surface area (Å²) >= 11 is 0. The van der Waals surface area contributed by atoms with Crippen molar-refractivity contribution >= 4 is 21.2 Å². The van der Waals surface area contributed by atoms with Gasteiger partial charge in [0.2, 0.25) is 5.88 Å². The second kappa shape index (κ2) is 5.89. The molecule has 0 unspecified atom stereocenters. The number of halogens is 6. The minimum Gasteiger partial charge on any atom is -0.355 e. The van der Waals surface area contributed by atoms with Crippen LogP contribution in [0.2, 0.25) is 0 Å². The van der Waals surface area contributed by atoms with E-state index in [9.17, 15) is 34.8 Å². The molecule has 0 radical (unpaired) electrons. The second-order valence-corrected chi connectivity index (χ2v) is 6.28. The number of allylic oxidation sites excluding steroid dienone is 1. The minimum atomic E-state index is -6.18. The summed E-state index contributed by atoms with van der Waals surface area (Å²) in [6, 6.07) is 0.0819. The molecule has 6 nitrogen and oxygen atoms in total. The van der Waals surface area contributed by atoms with Crippen molar-refractivity contribution in [1.82, 2.24) is 14.8 Å². The van der Waals surface area contributed by atoms with Crippen molar-refractivity contribution in [3.8, 4) is 5.88 Å². The van der Waals surface area contributed by atoms with Gasteiger partial charge in [-0.15, -0.1) is 6.58 Å². The van der Waals surface area contributed by atoms with Crippen LogP contribution < -0.4 is 4.18 Å². The average molecular weight is 389 g/mol. The lowest BCUT2D eigenvalue weighted by atomic mass is 10.1. The Morgan fingerprint density at radius 1 is 1.28 bits per heavy atom. The largest absolute Gasteiger partial charge is 0.534 e. The highest BCUT2D eigenvalue weighted by atomic mass is 32.2. The normalized spacial score (nSPS) is 13.2. The van der Waals surface area contributed by atoms with Crippen molar-refractivity contribution in [3.63, 3.8) is 0 Å². The molecule has 0 atom stereocenters. The fourth-order valence-corrected chi connectivity index (χ4v) is 2.41. The first-order valence-electron chi connectivity index (χ1n) is 6.35. The zero-order valence-corrected chi connectivity index (χ0v) is 13.1. The molecule has 2 aromatic rings. The molecule has 0 N–H and O–H groups in total. The van der Waals surface area contributed by atoms with Gasteiger partial charge < -0.3 is 4.18 Å². The Morgan fingerprint density at radius 3 is 2.36 bits per heavy atom. The number of hydrogen-bond acceptors (Lipinski definition) is 5.